The van der Waals surface area contributed by atoms with Crippen LogP contribution in [0.3, 0.4) is 0 Å². The standard InChI is InChI=1S/C30H34N2O4S/c1-34-30(33)32-18-8-13-26(27-21-37-29(31-27)36-19-22-9-4-2-5-10-22)28(32)20-35-25-16-14-24(15-17-25)23-11-6-3-7-12-23/h2-7,9-12,21,24-25H,8,13-20H2,1H3/t24-,25+. The number of ether oxygens (including phenoxy) is 3. The summed E-state index contributed by atoms with van der Waals surface area (Å²) < 4.78 is 17.5. The topological polar surface area (TPSA) is 60.9 Å². The van der Waals surface area contributed by atoms with Crippen molar-refractivity contribution in [1.29, 1.82) is 0 Å². The van der Waals surface area contributed by atoms with Crippen molar-refractivity contribution < 1.29 is 19.0 Å². The Labute approximate surface area is 222 Å². The molecule has 5 rings (SSSR count). The number of allylic oxidation sites excluding steroid dienone is 1. The van der Waals surface area contributed by atoms with E-state index >= 15 is 0 Å². The van der Waals surface area contributed by atoms with E-state index in [0.29, 0.717) is 30.9 Å². The first kappa shape index (κ1) is 25.5. The predicted molar refractivity (Wildman–Crippen MR) is 146 cm³/mol. The van der Waals surface area contributed by atoms with Gasteiger partial charge in [0.25, 0.3) is 5.19 Å². The third kappa shape index (κ3) is 6.40. The molecule has 7 heteroatoms. The summed E-state index contributed by atoms with van der Waals surface area (Å²) in [6.07, 6.45) is 5.83. The van der Waals surface area contributed by atoms with Crippen molar-refractivity contribution in [3.8, 4) is 5.19 Å². The molecular formula is C30H34N2O4S. The zero-order chi connectivity index (χ0) is 25.5. The van der Waals surface area contributed by atoms with Crippen molar-refractivity contribution in [2.45, 2.75) is 57.2 Å². The third-order valence-corrected chi connectivity index (χ3v) is 8.03. The molecule has 3 aromatic rings. The normalized spacial score (nSPS) is 20.1. The molecule has 37 heavy (non-hydrogen) atoms. The van der Waals surface area contributed by atoms with Crippen LogP contribution in [0.1, 0.15) is 61.3 Å². The van der Waals surface area contributed by atoms with Crippen LogP contribution < -0.4 is 4.74 Å². The van der Waals surface area contributed by atoms with Crippen LogP contribution in [-0.4, -0.2) is 42.3 Å². The lowest BCUT2D eigenvalue weighted by Crippen LogP contribution is -2.37. The number of amides is 1. The van der Waals surface area contributed by atoms with E-state index in [-0.39, 0.29) is 12.2 Å². The minimum atomic E-state index is -0.348. The summed E-state index contributed by atoms with van der Waals surface area (Å²) in [5.74, 6) is 0.599. The quantitative estimate of drug-likeness (QED) is 0.320. The molecule has 1 saturated carbocycles. The van der Waals surface area contributed by atoms with Crippen LogP contribution in [0.15, 0.2) is 71.7 Å². The van der Waals surface area contributed by atoms with Crippen LogP contribution in [0, 0.1) is 0 Å². The Bertz CT molecular complexity index is 1190. The van der Waals surface area contributed by atoms with E-state index in [1.54, 1.807) is 4.90 Å². The molecule has 6 nitrogen and oxygen atoms in total. The summed E-state index contributed by atoms with van der Waals surface area (Å²) in [5.41, 5.74) is 5.28. The summed E-state index contributed by atoms with van der Waals surface area (Å²) in [6, 6.07) is 20.8. The second kappa shape index (κ2) is 12.4. The minimum absolute atomic E-state index is 0.190. The number of aromatic nitrogens is 1. The number of nitrogens with zero attached hydrogens (tertiary/aromatic N) is 2. The number of methoxy groups -OCH3 is 1. The highest BCUT2D eigenvalue weighted by molar-refractivity contribution is 7.11. The maximum atomic E-state index is 12.6. The average molecular weight is 519 g/mol. The minimum Gasteiger partial charge on any atom is -0.465 e. The fraction of sp³-hybridized carbons (Fsp3) is 0.400. The Kier molecular flexibility index (Phi) is 8.53. The number of hydrogen-bond donors (Lipinski definition) is 0. The Morgan fingerprint density at radius 1 is 1.00 bits per heavy atom. The number of thiazole rings is 1. The number of carbonyl (C=O) groups is 1. The molecule has 1 aromatic heterocycles. The molecule has 0 atom stereocenters. The Hall–Kier alpha value is -3.16. The molecule has 0 saturated heterocycles. The highest BCUT2D eigenvalue weighted by Crippen LogP contribution is 2.36. The number of carbonyl (C=O) groups excluding carboxylic acids is 1. The summed E-state index contributed by atoms with van der Waals surface area (Å²) in [6.45, 7) is 1.47. The maximum Gasteiger partial charge on any atom is 0.413 e. The fourth-order valence-electron chi connectivity index (χ4n) is 5.28. The Morgan fingerprint density at radius 2 is 1.73 bits per heavy atom. The van der Waals surface area contributed by atoms with E-state index in [0.717, 1.165) is 61.1 Å². The van der Waals surface area contributed by atoms with E-state index in [9.17, 15) is 4.79 Å². The van der Waals surface area contributed by atoms with Crippen molar-refractivity contribution >= 4 is 23.0 Å². The molecule has 0 spiro atoms. The second-order valence-electron chi connectivity index (χ2n) is 9.62. The van der Waals surface area contributed by atoms with Gasteiger partial charge < -0.3 is 14.2 Å². The Balaban J connectivity index is 1.27. The fourth-order valence-corrected chi connectivity index (χ4v) is 5.96. The predicted octanol–water partition coefficient (Wildman–Crippen LogP) is 7.04. The highest BCUT2D eigenvalue weighted by atomic mass is 32.1. The van der Waals surface area contributed by atoms with Gasteiger partial charge >= 0.3 is 6.09 Å². The van der Waals surface area contributed by atoms with Gasteiger partial charge in [-0.3, -0.25) is 4.90 Å². The third-order valence-electron chi connectivity index (χ3n) is 7.28. The SMILES string of the molecule is COC(=O)N1CCCC(c2csc(OCc3ccccc3)n2)=C1CO[C@H]1CC[C@@H](c2ccccc2)CC1. The number of rotatable bonds is 8. The average Bonchev–Trinajstić information content (AvgIpc) is 3.44. The van der Waals surface area contributed by atoms with Gasteiger partial charge in [-0.25, -0.2) is 9.78 Å². The molecule has 2 heterocycles. The summed E-state index contributed by atoms with van der Waals surface area (Å²) >= 11 is 1.48. The molecule has 2 aliphatic rings. The molecule has 194 valence electrons. The molecular weight excluding hydrogens is 484 g/mol. The lowest BCUT2D eigenvalue weighted by Gasteiger charge is -2.33. The first-order valence-electron chi connectivity index (χ1n) is 13.1. The zero-order valence-corrected chi connectivity index (χ0v) is 22.1. The van der Waals surface area contributed by atoms with Gasteiger partial charge in [-0.05, 0) is 55.6 Å². The Morgan fingerprint density at radius 3 is 2.46 bits per heavy atom. The molecule has 1 aliphatic carbocycles. The van der Waals surface area contributed by atoms with E-state index in [1.165, 1.54) is 24.0 Å². The first-order chi connectivity index (χ1) is 18.2. The highest BCUT2D eigenvalue weighted by Gasteiger charge is 2.30. The molecule has 1 fully saturated rings. The van der Waals surface area contributed by atoms with Crippen molar-refractivity contribution in [1.82, 2.24) is 9.88 Å². The molecule has 1 amide bonds. The van der Waals surface area contributed by atoms with Crippen LogP contribution in [0.2, 0.25) is 0 Å². The molecule has 0 radical (unpaired) electrons. The van der Waals surface area contributed by atoms with Crippen LogP contribution in [0.25, 0.3) is 5.57 Å². The van der Waals surface area contributed by atoms with E-state index in [4.69, 9.17) is 19.2 Å². The van der Waals surface area contributed by atoms with Gasteiger partial charge in [0.15, 0.2) is 0 Å². The van der Waals surface area contributed by atoms with Gasteiger partial charge in [0.05, 0.1) is 31.2 Å². The van der Waals surface area contributed by atoms with Crippen molar-refractivity contribution in [3.63, 3.8) is 0 Å². The summed E-state index contributed by atoms with van der Waals surface area (Å²) in [5, 5.41) is 2.64. The van der Waals surface area contributed by atoms with Crippen LogP contribution >= 0.6 is 11.3 Å². The monoisotopic (exact) mass is 518 g/mol. The van der Waals surface area contributed by atoms with E-state index in [2.05, 4.69) is 30.3 Å². The van der Waals surface area contributed by atoms with Crippen molar-refractivity contribution in [2.75, 3.05) is 20.3 Å². The zero-order valence-electron chi connectivity index (χ0n) is 21.3. The van der Waals surface area contributed by atoms with Crippen LogP contribution in [-0.2, 0) is 16.1 Å². The summed E-state index contributed by atoms with van der Waals surface area (Å²) in [7, 11) is 1.43. The lowest BCUT2D eigenvalue weighted by molar-refractivity contribution is 0.0276. The maximum absolute atomic E-state index is 12.6. The molecule has 1 aliphatic heterocycles. The largest absolute Gasteiger partial charge is 0.465 e. The molecule has 2 aromatic carbocycles. The van der Waals surface area contributed by atoms with Crippen LogP contribution in [0.5, 0.6) is 5.19 Å². The van der Waals surface area contributed by atoms with E-state index < -0.39 is 0 Å². The summed E-state index contributed by atoms with van der Waals surface area (Å²) in [4.78, 5) is 19.1. The van der Waals surface area contributed by atoms with Gasteiger partial charge in [-0.15, -0.1) is 0 Å². The number of hydrogen-bond acceptors (Lipinski definition) is 6. The van der Waals surface area contributed by atoms with Crippen molar-refractivity contribution in [2.24, 2.45) is 0 Å². The lowest BCUT2D eigenvalue weighted by atomic mass is 9.83. The van der Waals surface area contributed by atoms with Gasteiger partial charge in [0.2, 0.25) is 0 Å². The smallest absolute Gasteiger partial charge is 0.413 e. The van der Waals surface area contributed by atoms with Crippen LogP contribution in [0.4, 0.5) is 4.79 Å². The molecule has 0 bridgehead atoms. The first-order valence-corrected chi connectivity index (χ1v) is 14.0. The van der Waals surface area contributed by atoms with Crippen molar-refractivity contribution in [3.05, 3.63) is 88.6 Å². The van der Waals surface area contributed by atoms with Gasteiger partial charge in [-0.1, -0.05) is 72.0 Å². The second-order valence-corrected chi connectivity index (χ2v) is 10.4. The van der Waals surface area contributed by atoms with Gasteiger partial charge in [0.1, 0.15) is 6.61 Å². The number of benzene rings is 2. The van der Waals surface area contributed by atoms with E-state index in [1.807, 2.05) is 35.7 Å². The molecule has 0 unspecified atom stereocenters. The van der Waals surface area contributed by atoms with Gasteiger partial charge in [-0.2, -0.15) is 0 Å². The molecule has 0 N–H and O–H groups in total. The van der Waals surface area contributed by atoms with Gasteiger partial charge in [0, 0.05) is 17.5 Å².